The normalized spacial score (nSPS) is 14.0. The molecular weight excluding hydrogens is 456 g/mol. The van der Waals surface area contributed by atoms with Gasteiger partial charge in [-0.05, 0) is 55.0 Å². The summed E-state index contributed by atoms with van der Waals surface area (Å²) in [5.41, 5.74) is 2.16. The molecule has 0 atom stereocenters. The fourth-order valence-electron chi connectivity index (χ4n) is 3.78. The van der Waals surface area contributed by atoms with Crippen molar-refractivity contribution in [1.29, 1.82) is 0 Å². The van der Waals surface area contributed by atoms with E-state index >= 15 is 0 Å². The SMILES string of the molecule is CC(C)c1cc(F)cc(C(C)C)c1NC(=O)NS(=O)(=O)c1nn(C)cc1CN(C)C1CC1.[Na]. The molecule has 0 bridgehead atoms. The molecule has 2 N–H and O–H groups in total. The number of aryl methyl sites for hydroxylation is 1. The molecule has 177 valence electrons. The van der Waals surface area contributed by atoms with Crippen molar-refractivity contribution in [2.24, 2.45) is 7.05 Å². The standard InChI is InChI=1S/C22H32FN5O3S.Na/c1-13(2)18-9-16(23)10-19(14(3)4)20(18)24-22(29)26-32(30,31)21-15(12-28(6)25-21)11-27(5)17-7-8-17;/h9-10,12-14,17H,7-8,11H2,1-6H3,(H2,24,26,29);. The van der Waals surface area contributed by atoms with Gasteiger partial charge < -0.3 is 5.32 Å². The number of carbonyl (C=O) groups excluding carboxylic acids is 1. The van der Waals surface area contributed by atoms with Crippen molar-refractivity contribution in [2.45, 2.75) is 70.0 Å². The number of hydrogen-bond acceptors (Lipinski definition) is 5. The van der Waals surface area contributed by atoms with Gasteiger partial charge in [0.25, 0.3) is 10.0 Å². The second kappa shape index (κ2) is 10.9. The number of amides is 2. The molecule has 1 aromatic carbocycles. The quantitative estimate of drug-likeness (QED) is 0.554. The molecule has 1 saturated carbocycles. The number of rotatable bonds is 8. The third kappa shape index (κ3) is 6.79. The van der Waals surface area contributed by atoms with Gasteiger partial charge in [-0.1, -0.05) is 27.7 Å². The zero-order valence-electron chi connectivity index (χ0n) is 20.4. The van der Waals surface area contributed by atoms with E-state index in [1.807, 2.05) is 34.7 Å². The van der Waals surface area contributed by atoms with Crippen LogP contribution in [0, 0.1) is 5.82 Å². The second-order valence-corrected chi connectivity index (χ2v) is 10.7. The zero-order valence-corrected chi connectivity index (χ0v) is 23.3. The smallest absolute Gasteiger partial charge is 0.307 e. The first-order chi connectivity index (χ1) is 14.9. The first-order valence-electron chi connectivity index (χ1n) is 10.8. The van der Waals surface area contributed by atoms with Crippen LogP contribution in [0.5, 0.6) is 0 Å². The first-order valence-corrected chi connectivity index (χ1v) is 12.3. The molecule has 3 rings (SSSR count). The number of anilines is 1. The number of benzene rings is 1. The van der Waals surface area contributed by atoms with Crippen LogP contribution in [0.1, 0.15) is 69.1 Å². The van der Waals surface area contributed by atoms with Crippen LogP contribution in [-0.2, 0) is 23.6 Å². The molecule has 0 unspecified atom stereocenters. The maximum atomic E-state index is 14.1. The number of urea groups is 1. The Bertz CT molecular complexity index is 1080. The van der Waals surface area contributed by atoms with E-state index in [0.29, 0.717) is 35.0 Å². The Labute approximate surface area is 217 Å². The molecular formula is C22H32FN5NaO3S. The summed E-state index contributed by atoms with van der Waals surface area (Å²) >= 11 is 0. The molecule has 2 amide bonds. The molecule has 33 heavy (non-hydrogen) atoms. The van der Waals surface area contributed by atoms with Crippen molar-refractivity contribution in [3.8, 4) is 0 Å². The average Bonchev–Trinajstić information content (AvgIpc) is 3.45. The summed E-state index contributed by atoms with van der Waals surface area (Å²) in [6.07, 6.45) is 3.83. The molecule has 8 nitrogen and oxygen atoms in total. The van der Waals surface area contributed by atoms with Gasteiger partial charge in [0, 0.05) is 66.6 Å². The van der Waals surface area contributed by atoms with Crippen molar-refractivity contribution < 1.29 is 17.6 Å². The predicted octanol–water partition coefficient (Wildman–Crippen LogP) is 3.53. The van der Waals surface area contributed by atoms with Gasteiger partial charge in [0.05, 0.1) is 0 Å². The summed E-state index contributed by atoms with van der Waals surface area (Å²) in [6, 6.07) is 2.27. The Morgan fingerprint density at radius 2 is 1.76 bits per heavy atom. The predicted molar refractivity (Wildman–Crippen MR) is 127 cm³/mol. The van der Waals surface area contributed by atoms with Gasteiger partial charge in [-0.2, -0.15) is 13.5 Å². The minimum atomic E-state index is -4.21. The minimum Gasteiger partial charge on any atom is -0.307 e. The van der Waals surface area contributed by atoms with Gasteiger partial charge in [0.15, 0.2) is 0 Å². The number of nitrogens with one attached hydrogen (secondary N) is 2. The largest absolute Gasteiger partial charge is 0.333 e. The van der Waals surface area contributed by atoms with Crippen molar-refractivity contribution >= 4 is 51.3 Å². The first kappa shape index (κ1) is 27.8. The van der Waals surface area contributed by atoms with Crippen LogP contribution in [-0.4, -0.2) is 71.8 Å². The van der Waals surface area contributed by atoms with Crippen molar-refractivity contribution in [1.82, 2.24) is 19.4 Å². The third-order valence-electron chi connectivity index (χ3n) is 5.58. The Kier molecular flexibility index (Phi) is 9.14. The topological polar surface area (TPSA) is 96.3 Å². The van der Waals surface area contributed by atoms with Gasteiger partial charge in [0.2, 0.25) is 5.03 Å². The molecule has 1 radical (unpaired) electrons. The van der Waals surface area contributed by atoms with Gasteiger partial charge in [-0.15, -0.1) is 0 Å². The summed E-state index contributed by atoms with van der Waals surface area (Å²) in [7, 11) is -0.627. The van der Waals surface area contributed by atoms with Crippen LogP contribution in [0.2, 0.25) is 0 Å². The molecule has 1 heterocycles. The van der Waals surface area contributed by atoms with Gasteiger partial charge >= 0.3 is 6.03 Å². The molecule has 11 heteroatoms. The average molecular weight is 489 g/mol. The summed E-state index contributed by atoms with van der Waals surface area (Å²) in [5.74, 6) is -0.542. The molecule has 0 spiro atoms. The van der Waals surface area contributed by atoms with E-state index < -0.39 is 21.9 Å². The molecule has 1 aliphatic carbocycles. The Morgan fingerprint density at radius 3 is 2.24 bits per heavy atom. The van der Waals surface area contributed by atoms with E-state index in [-0.39, 0.29) is 46.4 Å². The Hall–Kier alpha value is -1.46. The van der Waals surface area contributed by atoms with Gasteiger partial charge in [-0.3, -0.25) is 9.58 Å². The number of aromatic nitrogens is 2. The molecule has 0 saturated heterocycles. The van der Waals surface area contributed by atoms with Crippen molar-refractivity contribution in [3.05, 3.63) is 40.8 Å². The summed E-state index contributed by atoms with van der Waals surface area (Å²) in [5, 5.41) is 6.57. The van der Waals surface area contributed by atoms with E-state index in [9.17, 15) is 17.6 Å². The van der Waals surface area contributed by atoms with Crippen molar-refractivity contribution in [3.63, 3.8) is 0 Å². The summed E-state index contributed by atoms with van der Waals surface area (Å²) in [6.45, 7) is 7.96. The van der Waals surface area contributed by atoms with E-state index in [0.717, 1.165) is 12.8 Å². The van der Waals surface area contributed by atoms with E-state index in [1.165, 1.54) is 16.8 Å². The van der Waals surface area contributed by atoms with Crippen LogP contribution in [0.3, 0.4) is 0 Å². The van der Waals surface area contributed by atoms with E-state index in [1.54, 1.807) is 13.2 Å². The Morgan fingerprint density at radius 1 is 1.21 bits per heavy atom. The number of nitrogens with zero attached hydrogens (tertiary/aromatic N) is 3. The fraction of sp³-hybridized carbons (Fsp3) is 0.545. The maximum Gasteiger partial charge on any atom is 0.333 e. The van der Waals surface area contributed by atoms with Crippen molar-refractivity contribution in [2.75, 3.05) is 12.4 Å². The minimum absolute atomic E-state index is 0. The monoisotopic (exact) mass is 488 g/mol. The van der Waals surface area contributed by atoms with Gasteiger partial charge in [0.1, 0.15) is 5.82 Å². The van der Waals surface area contributed by atoms with Crippen LogP contribution < -0.4 is 10.0 Å². The molecule has 1 fully saturated rings. The van der Waals surface area contributed by atoms with Gasteiger partial charge in [-0.25, -0.2) is 13.9 Å². The van der Waals surface area contributed by atoms with E-state index in [4.69, 9.17) is 0 Å². The Balaban J connectivity index is 0.00000385. The summed E-state index contributed by atoms with van der Waals surface area (Å²) < 4.78 is 43.6. The van der Waals surface area contributed by atoms with E-state index in [2.05, 4.69) is 20.0 Å². The number of sulfonamides is 1. The van der Waals surface area contributed by atoms with Crippen LogP contribution in [0.25, 0.3) is 0 Å². The third-order valence-corrected chi connectivity index (χ3v) is 6.89. The number of carbonyl (C=O) groups is 1. The van der Waals surface area contributed by atoms with Crippen LogP contribution in [0.15, 0.2) is 23.4 Å². The molecule has 1 aliphatic rings. The number of hydrogen-bond donors (Lipinski definition) is 2. The van der Waals surface area contributed by atoms with Crippen LogP contribution in [0.4, 0.5) is 14.9 Å². The number of halogens is 1. The molecule has 0 aliphatic heterocycles. The van der Waals surface area contributed by atoms with Crippen LogP contribution >= 0.6 is 0 Å². The summed E-state index contributed by atoms with van der Waals surface area (Å²) in [4.78, 5) is 14.8. The zero-order chi connectivity index (χ0) is 23.8. The molecule has 2 aromatic rings. The second-order valence-electron chi connectivity index (χ2n) is 9.11. The maximum absolute atomic E-state index is 14.1. The fourth-order valence-corrected chi connectivity index (χ4v) is 4.87. The molecule has 1 aromatic heterocycles.